The molecule has 1 fully saturated rings. The largest absolute Gasteiger partial charge is 0.494 e. The van der Waals surface area contributed by atoms with Crippen LogP contribution in [0.25, 0.3) is 10.2 Å². The lowest BCUT2D eigenvalue weighted by Crippen LogP contribution is -2.48. The number of nitro benzene ring substituents is 1. The van der Waals surface area contributed by atoms with Crippen LogP contribution in [0.5, 0.6) is 0 Å². The minimum atomic E-state index is -0.389. The average Bonchev–Trinajstić information content (AvgIpc) is 3.18. The van der Waals surface area contributed by atoms with Gasteiger partial charge in [-0.3, -0.25) is 19.8 Å². The van der Waals surface area contributed by atoms with Crippen molar-refractivity contribution in [2.75, 3.05) is 57.4 Å². The maximum atomic E-state index is 12.0. The minimum absolute atomic E-state index is 0.0838. The van der Waals surface area contributed by atoms with E-state index in [1.165, 1.54) is 23.7 Å². The van der Waals surface area contributed by atoms with Gasteiger partial charge < -0.3 is 19.7 Å². The highest BCUT2D eigenvalue weighted by molar-refractivity contribution is 7.22. The predicted octanol–water partition coefficient (Wildman–Crippen LogP) is 1.33. The van der Waals surface area contributed by atoms with E-state index < -0.39 is 0 Å². The van der Waals surface area contributed by atoms with Crippen molar-refractivity contribution in [2.24, 2.45) is 0 Å². The number of rotatable bonds is 6. The average molecular weight is 419 g/mol. The normalized spacial score (nSPS) is 17.4. The third kappa shape index (κ3) is 4.57. The van der Waals surface area contributed by atoms with E-state index in [4.69, 9.17) is 9.47 Å². The van der Waals surface area contributed by atoms with Gasteiger partial charge in [0.1, 0.15) is 19.5 Å². The number of ether oxygens (including phenoxy) is 2. The number of anilines is 1. The predicted molar refractivity (Wildman–Crippen MR) is 108 cm³/mol. The zero-order valence-electron chi connectivity index (χ0n) is 15.7. The summed E-state index contributed by atoms with van der Waals surface area (Å²) in [6.45, 7) is 5.48. The van der Waals surface area contributed by atoms with Crippen molar-refractivity contribution in [2.45, 2.75) is 0 Å². The number of nitrogens with zero attached hydrogens (tertiary/aromatic N) is 4. The Morgan fingerprint density at radius 2 is 2.10 bits per heavy atom. The summed E-state index contributed by atoms with van der Waals surface area (Å²) in [4.78, 5) is 31.6. The molecule has 4 rings (SSSR count). The molecular formula is C18H21N5O5S. The van der Waals surface area contributed by atoms with E-state index in [0.717, 1.165) is 48.1 Å². The van der Waals surface area contributed by atoms with Crippen molar-refractivity contribution in [1.29, 1.82) is 0 Å². The van der Waals surface area contributed by atoms with Gasteiger partial charge in [0.05, 0.1) is 15.1 Å². The number of carbonyl (C=O) groups excluding carboxylic acids is 1. The Kier molecular flexibility index (Phi) is 5.76. The highest BCUT2D eigenvalue weighted by Gasteiger charge is 2.21. The van der Waals surface area contributed by atoms with Gasteiger partial charge in [0, 0.05) is 51.4 Å². The van der Waals surface area contributed by atoms with Crippen LogP contribution in [0.2, 0.25) is 0 Å². The number of fused-ring (bicyclic) bond motifs is 1. The molecule has 0 unspecified atom stereocenters. The van der Waals surface area contributed by atoms with Crippen LogP contribution in [-0.2, 0) is 14.3 Å². The molecule has 10 nitrogen and oxygen atoms in total. The second-order valence-corrected chi connectivity index (χ2v) is 7.70. The molecule has 2 aliphatic heterocycles. The van der Waals surface area contributed by atoms with Crippen LogP contribution in [0.15, 0.2) is 30.2 Å². The molecule has 1 amide bonds. The fraction of sp³-hybridized carbons (Fsp3) is 0.444. The molecule has 1 aromatic heterocycles. The first-order valence-corrected chi connectivity index (χ1v) is 10.2. The molecule has 0 radical (unpaired) electrons. The topological polar surface area (TPSA) is 110 Å². The Morgan fingerprint density at radius 3 is 2.83 bits per heavy atom. The number of aromatic nitrogens is 1. The number of carbonyl (C=O) groups is 1. The standard InChI is InChI=1S/C18H21N5O5S/c24-17(15-12-27-9-10-28-15)19-3-4-21-5-7-22(8-6-21)18-20-14-2-1-13(23(25)26)11-16(14)29-18/h1-2,11-12H,3-10H2,(H,19,24). The summed E-state index contributed by atoms with van der Waals surface area (Å²) >= 11 is 1.48. The summed E-state index contributed by atoms with van der Waals surface area (Å²) in [6.07, 6.45) is 1.35. The van der Waals surface area contributed by atoms with E-state index in [2.05, 4.69) is 20.1 Å². The number of piperazine rings is 1. The Morgan fingerprint density at radius 1 is 1.28 bits per heavy atom. The molecular weight excluding hydrogens is 398 g/mol. The van der Waals surface area contributed by atoms with Gasteiger partial charge in [-0.1, -0.05) is 11.3 Å². The summed E-state index contributed by atoms with van der Waals surface area (Å²) in [7, 11) is 0. The van der Waals surface area contributed by atoms with Gasteiger partial charge in [-0.05, 0) is 6.07 Å². The van der Waals surface area contributed by atoms with Crippen LogP contribution in [0.4, 0.5) is 10.8 Å². The molecule has 0 spiro atoms. The maximum absolute atomic E-state index is 12.0. The zero-order valence-corrected chi connectivity index (χ0v) is 16.5. The fourth-order valence-corrected chi connectivity index (χ4v) is 4.27. The Balaban J connectivity index is 1.26. The monoisotopic (exact) mass is 419 g/mol. The summed E-state index contributed by atoms with van der Waals surface area (Å²) < 4.78 is 11.2. The van der Waals surface area contributed by atoms with E-state index in [9.17, 15) is 14.9 Å². The van der Waals surface area contributed by atoms with Crippen molar-refractivity contribution in [3.8, 4) is 0 Å². The van der Waals surface area contributed by atoms with Gasteiger partial charge in [-0.25, -0.2) is 4.98 Å². The lowest BCUT2D eigenvalue weighted by molar-refractivity contribution is -0.384. The first kappa shape index (κ1) is 19.4. The molecule has 29 heavy (non-hydrogen) atoms. The molecule has 11 heteroatoms. The second-order valence-electron chi connectivity index (χ2n) is 6.69. The van der Waals surface area contributed by atoms with E-state index in [0.29, 0.717) is 19.8 Å². The van der Waals surface area contributed by atoms with Gasteiger partial charge in [0.15, 0.2) is 5.13 Å². The molecule has 2 aliphatic rings. The maximum Gasteiger partial charge on any atom is 0.289 e. The van der Waals surface area contributed by atoms with Crippen molar-refractivity contribution >= 4 is 38.3 Å². The fourth-order valence-electron chi connectivity index (χ4n) is 3.21. The highest BCUT2D eigenvalue weighted by atomic mass is 32.1. The van der Waals surface area contributed by atoms with E-state index >= 15 is 0 Å². The summed E-state index contributed by atoms with van der Waals surface area (Å²) in [5.41, 5.74) is 0.865. The molecule has 3 heterocycles. The number of nitro groups is 1. The van der Waals surface area contributed by atoms with Crippen molar-refractivity contribution < 1.29 is 19.2 Å². The molecule has 0 aliphatic carbocycles. The molecule has 0 saturated carbocycles. The molecule has 0 atom stereocenters. The van der Waals surface area contributed by atoms with Crippen LogP contribution in [0.3, 0.4) is 0 Å². The number of amides is 1. The van der Waals surface area contributed by atoms with Crippen LogP contribution >= 0.6 is 11.3 Å². The number of hydrogen-bond donors (Lipinski definition) is 1. The first-order chi connectivity index (χ1) is 14.1. The molecule has 2 aromatic rings. The molecule has 1 aromatic carbocycles. The number of thiazole rings is 1. The van der Waals surface area contributed by atoms with E-state index in [1.807, 2.05) is 0 Å². The third-order valence-electron chi connectivity index (χ3n) is 4.80. The van der Waals surface area contributed by atoms with Crippen molar-refractivity contribution in [3.05, 3.63) is 40.3 Å². The Bertz CT molecular complexity index is 938. The van der Waals surface area contributed by atoms with Crippen LogP contribution in [0.1, 0.15) is 0 Å². The smallest absolute Gasteiger partial charge is 0.289 e. The van der Waals surface area contributed by atoms with E-state index in [-0.39, 0.29) is 22.3 Å². The first-order valence-electron chi connectivity index (χ1n) is 9.35. The molecule has 0 bridgehead atoms. The Hall–Kier alpha value is -2.92. The number of benzene rings is 1. The summed E-state index contributed by atoms with van der Waals surface area (Å²) in [6, 6.07) is 4.76. The lowest BCUT2D eigenvalue weighted by atomic mass is 10.3. The Labute approximate surface area is 170 Å². The van der Waals surface area contributed by atoms with Crippen molar-refractivity contribution in [3.63, 3.8) is 0 Å². The SMILES string of the molecule is O=C(NCCN1CCN(c2nc3ccc([N+](=O)[O-])cc3s2)CC1)C1=COCCO1. The number of non-ortho nitro benzene ring substituents is 1. The number of hydrogen-bond acceptors (Lipinski definition) is 9. The van der Waals surface area contributed by atoms with Gasteiger partial charge >= 0.3 is 0 Å². The highest BCUT2D eigenvalue weighted by Crippen LogP contribution is 2.31. The van der Waals surface area contributed by atoms with Gasteiger partial charge in [0.25, 0.3) is 11.6 Å². The molecule has 154 valence electrons. The van der Waals surface area contributed by atoms with Gasteiger partial charge in [-0.15, -0.1) is 0 Å². The van der Waals surface area contributed by atoms with Crippen LogP contribution in [-0.4, -0.2) is 73.2 Å². The summed E-state index contributed by atoms with van der Waals surface area (Å²) in [5.74, 6) is -0.0379. The third-order valence-corrected chi connectivity index (χ3v) is 5.88. The van der Waals surface area contributed by atoms with E-state index in [1.54, 1.807) is 12.1 Å². The lowest BCUT2D eigenvalue weighted by Gasteiger charge is -2.34. The van der Waals surface area contributed by atoms with Crippen LogP contribution < -0.4 is 10.2 Å². The minimum Gasteiger partial charge on any atom is -0.494 e. The molecule has 1 saturated heterocycles. The summed E-state index contributed by atoms with van der Waals surface area (Å²) in [5, 5.41) is 14.7. The second kappa shape index (κ2) is 8.62. The van der Waals surface area contributed by atoms with Crippen molar-refractivity contribution in [1.82, 2.24) is 15.2 Å². The quantitative estimate of drug-likeness (QED) is 0.552. The molecule has 1 N–H and O–H groups in total. The van der Waals surface area contributed by atoms with Gasteiger partial charge in [0.2, 0.25) is 5.76 Å². The zero-order chi connectivity index (χ0) is 20.2. The van der Waals surface area contributed by atoms with Gasteiger partial charge in [-0.2, -0.15) is 0 Å². The van der Waals surface area contributed by atoms with Crippen LogP contribution in [0, 0.1) is 10.1 Å². The number of nitrogens with one attached hydrogen (secondary N) is 1.